The molecule has 17 heavy (non-hydrogen) atoms. The monoisotopic (exact) mass is 239 g/mol. The van der Waals surface area contributed by atoms with Gasteiger partial charge in [0.15, 0.2) is 0 Å². The van der Waals surface area contributed by atoms with E-state index < -0.39 is 6.10 Å². The lowest BCUT2D eigenvalue weighted by molar-refractivity contribution is -0.141. The Morgan fingerprint density at radius 3 is 2.76 bits per heavy atom. The van der Waals surface area contributed by atoms with Crippen LogP contribution in [-0.4, -0.2) is 30.6 Å². The molecule has 1 atom stereocenters. The zero-order valence-corrected chi connectivity index (χ0v) is 10.4. The van der Waals surface area contributed by atoms with E-state index in [1.165, 1.54) is 19.2 Å². The van der Waals surface area contributed by atoms with Gasteiger partial charge in [-0.25, -0.2) is 4.39 Å². The molecule has 0 N–H and O–H groups in total. The first-order valence-corrected chi connectivity index (χ1v) is 5.64. The quantitative estimate of drug-likeness (QED) is 0.788. The van der Waals surface area contributed by atoms with Gasteiger partial charge >= 0.3 is 0 Å². The summed E-state index contributed by atoms with van der Waals surface area (Å²) in [6.45, 7) is 4.57. The third-order valence-electron chi connectivity index (χ3n) is 2.66. The Morgan fingerprint density at radius 1 is 1.53 bits per heavy atom. The first-order valence-electron chi connectivity index (χ1n) is 5.64. The number of halogens is 1. The van der Waals surface area contributed by atoms with E-state index in [-0.39, 0.29) is 11.7 Å². The second-order valence-corrected chi connectivity index (χ2v) is 3.86. The molecule has 0 aliphatic heterocycles. The molecule has 0 saturated heterocycles. The molecule has 0 spiro atoms. The summed E-state index contributed by atoms with van der Waals surface area (Å²) < 4.78 is 18.0. The molecule has 0 aromatic heterocycles. The summed E-state index contributed by atoms with van der Waals surface area (Å²) in [5.74, 6) is -0.370. The minimum atomic E-state index is -0.469. The first-order chi connectivity index (χ1) is 8.08. The standard InChI is InChI=1S/C13H18FNO2/c1-4-15(13(16)10(2)17-3)9-11-6-5-7-12(14)8-11/h5-8,10H,4,9H2,1-3H3. The Balaban J connectivity index is 2.73. The number of hydrogen-bond donors (Lipinski definition) is 0. The highest BCUT2D eigenvalue weighted by atomic mass is 19.1. The zero-order chi connectivity index (χ0) is 12.8. The summed E-state index contributed by atoms with van der Waals surface area (Å²) in [6, 6.07) is 6.27. The summed E-state index contributed by atoms with van der Waals surface area (Å²) in [7, 11) is 1.50. The van der Waals surface area contributed by atoms with Crippen LogP contribution in [0, 0.1) is 5.82 Å². The number of hydrogen-bond acceptors (Lipinski definition) is 2. The predicted molar refractivity (Wildman–Crippen MR) is 64.0 cm³/mol. The second kappa shape index (κ2) is 6.35. The number of nitrogens with zero attached hydrogens (tertiary/aromatic N) is 1. The fourth-order valence-electron chi connectivity index (χ4n) is 1.56. The van der Waals surface area contributed by atoms with Crippen molar-refractivity contribution in [2.24, 2.45) is 0 Å². The maximum absolute atomic E-state index is 13.0. The van der Waals surface area contributed by atoms with E-state index in [1.54, 1.807) is 24.0 Å². The van der Waals surface area contributed by atoms with Crippen molar-refractivity contribution < 1.29 is 13.9 Å². The van der Waals surface area contributed by atoms with E-state index in [4.69, 9.17) is 4.74 Å². The van der Waals surface area contributed by atoms with Crippen LogP contribution in [0.2, 0.25) is 0 Å². The van der Waals surface area contributed by atoms with Gasteiger partial charge < -0.3 is 9.64 Å². The maximum atomic E-state index is 13.0. The normalized spacial score (nSPS) is 12.2. The van der Waals surface area contributed by atoms with E-state index in [9.17, 15) is 9.18 Å². The maximum Gasteiger partial charge on any atom is 0.251 e. The zero-order valence-electron chi connectivity index (χ0n) is 10.4. The van der Waals surface area contributed by atoms with Gasteiger partial charge in [-0.1, -0.05) is 12.1 Å². The number of rotatable bonds is 5. The molecule has 0 saturated carbocycles. The lowest BCUT2D eigenvalue weighted by Crippen LogP contribution is -2.38. The number of likely N-dealkylation sites (N-methyl/N-ethyl adjacent to an activating group) is 1. The molecule has 0 radical (unpaired) electrons. The molecule has 1 aromatic rings. The Kier molecular flexibility index (Phi) is 5.10. The van der Waals surface area contributed by atoms with E-state index in [1.807, 2.05) is 6.92 Å². The fourth-order valence-corrected chi connectivity index (χ4v) is 1.56. The van der Waals surface area contributed by atoms with Crippen molar-refractivity contribution in [1.82, 2.24) is 4.90 Å². The highest BCUT2D eigenvalue weighted by Gasteiger charge is 2.18. The lowest BCUT2D eigenvalue weighted by atomic mass is 10.2. The average molecular weight is 239 g/mol. The summed E-state index contributed by atoms with van der Waals surface area (Å²) in [5, 5.41) is 0. The van der Waals surface area contributed by atoms with E-state index in [0.29, 0.717) is 13.1 Å². The Hall–Kier alpha value is -1.42. The lowest BCUT2D eigenvalue weighted by Gasteiger charge is -2.23. The minimum Gasteiger partial charge on any atom is -0.372 e. The highest BCUT2D eigenvalue weighted by molar-refractivity contribution is 5.80. The number of benzene rings is 1. The predicted octanol–water partition coefficient (Wildman–Crippen LogP) is 2.21. The van der Waals surface area contributed by atoms with Gasteiger partial charge in [-0.2, -0.15) is 0 Å². The minimum absolute atomic E-state index is 0.0840. The number of carbonyl (C=O) groups excluding carboxylic acids is 1. The first kappa shape index (κ1) is 13.6. The van der Waals surface area contributed by atoms with Crippen molar-refractivity contribution in [2.45, 2.75) is 26.5 Å². The van der Waals surface area contributed by atoms with Crippen LogP contribution in [0.5, 0.6) is 0 Å². The number of ether oxygens (including phenoxy) is 1. The Labute approximate surface area is 101 Å². The van der Waals surface area contributed by atoms with Crippen LogP contribution in [0.1, 0.15) is 19.4 Å². The van der Waals surface area contributed by atoms with E-state index in [0.717, 1.165) is 5.56 Å². The molecule has 1 amide bonds. The molecule has 0 aliphatic rings. The van der Waals surface area contributed by atoms with Gasteiger partial charge in [0.2, 0.25) is 0 Å². The van der Waals surface area contributed by atoms with Gasteiger partial charge in [-0.05, 0) is 31.5 Å². The van der Waals surface area contributed by atoms with Crippen LogP contribution < -0.4 is 0 Å². The molecule has 4 heteroatoms. The van der Waals surface area contributed by atoms with Crippen LogP contribution in [0.4, 0.5) is 4.39 Å². The third kappa shape index (κ3) is 3.82. The van der Waals surface area contributed by atoms with Gasteiger partial charge in [0.25, 0.3) is 5.91 Å². The number of amides is 1. The van der Waals surface area contributed by atoms with Crippen molar-refractivity contribution in [1.29, 1.82) is 0 Å². The van der Waals surface area contributed by atoms with Gasteiger partial charge in [0.1, 0.15) is 11.9 Å². The van der Waals surface area contributed by atoms with Gasteiger partial charge in [0, 0.05) is 20.2 Å². The summed E-state index contributed by atoms with van der Waals surface area (Å²) >= 11 is 0. The molecule has 3 nitrogen and oxygen atoms in total. The molecular formula is C13H18FNO2. The van der Waals surface area contributed by atoms with Crippen LogP contribution in [0.3, 0.4) is 0 Å². The third-order valence-corrected chi connectivity index (χ3v) is 2.66. The smallest absolute Gasteiger partial charge is 0.251 e. The van der Waals surface area contributed by atoms with Crippen molar-refractivity contribution in [3.05, 3.63) is 35.6 Å². The molecule has 94 valence electrons. The van der Waals surface area contributed by atoms with Gasteiger partial charge in [0.05, 0.1) is 0 Å². The fraction of sp³-hybridized carbons (Fsp3) is 0.462. The van der Waals surface area contributed by atoms with Crippen molar-refractivity contribution in [3.8, 4) is 0 Å². The van der Waals surface area contributed by atoms with Crippen molar-refractivity contribution in [3.63, 3.8) is 0 Å². The molecule has 0 bridgehead atoms. The second-order valence-electron chi connectivity index (χ2n) is 3.86. The highest BCUT2D eigenvalue weighted by Crippen LogP contribution is 2.09. The molecule has 0 fully saturated rings. The molecular weight excluding hydrogens is 221 g/mol. The van der Waals surface area contributed by atoms with Crippen LogP contribution in [0.25, 0.3) is 0 Å². The Morgan fingerprint density at radius 2 is 2.24 bits per heavy atom. The van der Waals surface area contributed by atoms with Crippen molar-refractivity contribution in [2.75, 3.05) is 13.7 Å². The number of methoxy groups -OCH3 is 1. The molecule has 1 aromatic carbocycles. The van der Waals surface area contributed by atoms with Gasteiger partial charge in [-0.15, -0.1) is 0 Å². The largest absolute Gasteiger partial charge is 0.372 e. The Bertz CT molecular complexity index is 381. The van der Waals surface area contributed by atoms with Gasteiger partial charge in [-0.3, -0.25) is 4.79 Å². The summed E-state index contributed by atoms with van der Waals surface area (Å²) in [6.07, 6.45) is -0.469. The van der Waals surface area contributed by atoms with E-state index >= 15 is 0 Å². The average Bonchev–Trinajstić information content (AvgIpc) is 2.34. The van der Waals surface area contributed by atoms with Crippen LogP contribution >= 0.6 is 0 Å². The molecule has 0 aliphatic carbocycles. The number of carbonyl (C=O) groups is 1. The van der Waals surface area contributed by atoms with Crippen LogP contribution in [0.15, 0.2) is 24.3 Å². The SMILES string of the molecule is CCN(Cc1cccc(F)c1)C(=O)C(C)OC. The summed E-state index contributed by atoms with van der Waals surface area (Å²) in [5.41, 5.74) is 0.781. The van der Waals surface area contributed by atoms with E-state index in [2.05, 4.69) is 0 Å². The van der Waals surface area contributed by atoms with Crippen LogP contribution in [-0.2, 0) is 16.1 Å². The summed E-state index contributed by atoms with van der Waals surface area (Å²) in [4.78, 5) is 13.5. The topological polar surface area (TPSA) is 29.5 Å². The van der Waals surface area contributed by atoms with Crippen molar-refractivity contribution >= 4 is 5.91 Å². The molecule has 1 rings (SSSR count). The molecule has 0 heterocycles. The molecule has 1 unspecified atom stereocenters.